The molecule has 6 nitrogen and oxygen atoms in total. The van der Waals surface area contributed by atoms with Crippen molar-refractivity contribution in [1.29, 1.82) is 0 Å². The van der Waals surface area contributed by atoms with Gasteiger partial charge in [0.05, 0.1) is 18.3 Å². The molecule has 0 unspecified atom stereocenters. The summed E-state index contributed by atoms with van der Waals surface area (Å²) in [6, 6.07) is 3.78. The molecule has 2 rings (SSSR count). The number of sulfonamides is 1. The highest BCUT2D eigenvalue weighted by atomic mass is 32.2. The molecule has 0 fully saturated rings. The van der Waals surface area contributed by atoms with E-state index in [-0.39, 0.29) is 15.6 Å². The third-order valence-electron chi connectivity index (χ3n) is 2.45. The third kappa shape index (κ3) is 3.37. The first kappa shape index (κ1) is 15.4. The molecule has 0 saturated carbocycles. The second kappa shape index (κ2) is 5.78. The van der Waals surface area contributed by atoms with Crippen molar-refractivity contribution in [3.8, 4) is 0 Å². The molecular weight excluding hydrogens is 319 g/mol. The van der Waals surface area contributed by atoms with Crippen molar-refractivity contribution in [1.82, 2.24) is 4.98 Å². The van der Waals surface area contributed by atoms with E-state index < -0.39 is 21.8 Å². The Morgan fingerprint density at radius 3 is 2.71 bits per heavy atom. The van der Waals surface area contributed by atoms with E-state index in [2.05, 4.69) is 14.4 Å². The first-order valence-corrected chi connectivity index (χ1v) is 8.01. The first-order chi connectivity index (χ1) is 9.83. The second-order valence-corrected chi connectivity index (χ2v) is 6.84. The van der Waals surface area contributed by atoms with E-state index in [0.29, 0.717) is 5.56 Å². The monoisotopic (exact) mass is 330 g/mol. The largest absolute Gasteiger partial charge is 0.464 e. The molecule has 112 valence electrons. The van der Waals surface area contributed by atoms with Gasteiger partial charge in [-0.1, -0.05) is 0 Å². The molecule has 21 heavy (non-hydrogen) atoms. The molecule has 0 atom stereocenters. The fraction of sp³-hybridized carbons (Fsp3) is 0.167. The predicted molar refractivity (Wildman–Crippen MR) is 75.4 cm³/mol. The van der Waals surface area contributed by atoms with Crippen molar-refractivity contribution in [2.45, 2.75) is 11.1 Å². The fourth-order valence-electron chi connectivity index (χ4n) is 1.66. The fourth-order valence-corrected chi connectivity index (χ4v) is 3.83. The summed E-state index contributed by atoms with van der Waals surface area (Å²) in [4.78, 5) is 15.2. The summed E-state index contributed by atoms with van der Waals surface area (Å²) in [5.74, 6) is -1.42. The maximum atomic E-state index is 13.3. The van der Waals surface area contributed by atoms with Gasteiger partial charge in [-0.2, -0.15) is 0 Å². The molecule has 0 aliphatic carbocycles. The number of aryl methyl sites for hydroxylation is 1. The lowest BCUT2D eigenvalue weighted by Crippen LogP contribution is -2.16. The minimum Gasteiger partial charge on any atom is -0.464 e. The lowest BCUT2D eigenvalue weighted by Gasteiger charge is -2.08. The molecule has 0 spiro atoms. The van der Waals surface area contributed by atoms with Gasteiger partial charge in [0.1, 0.15) is 5.82 Å². The van der Waals surface area contributed by atoms with E-state index >= 15 is 0 Å². The van der Waals surface area contributed by atoms with Gasteiger partial charge in [-0.15, -0.1) is 11.3 Å². The summed E-state index contributed by atoms with van der Waals surface area (Å²) in [6.07, 6.45) is 0. The molecule has 9 heteroatoms. The van der Waals surface area contributed by atoms with E-state index in [1.807, 2.05) is 0 Å². The van der Waals surface area contributed by atoms with Crippen LogP contribution in [0.25, 0.3) is 0 Å². The van der Waals surface area contributed by atoms with Crippen LogP contribution in [0.1, 0.15) is 16.1 Å². The number of nitrogens with one attached hydrogen (secondary N) is 1. The van der Waals surface area contributed by atoms with Crippen LogP contribution in [0.2, 0.25) is 0 Å². The van der Waals surface area contributed by atoms with Gasteiger partial charge in [-0.25, -0.2) is 22.6 Å². The van der Waals surface area contributed by atoms with Gasteiger partial charge in [0.15, 0.2) is 9.90 Å². The highest BCUT2D eigenvalue weighted by molar-refractivity contribution is 7.94. The van der Waals surface area contributed by atoms with Crippen molar-refractivity contribution in [3.05, 3.63) is 40.8 Å². The average Bonchev–Trinajstić information content (AvgIpc) is 2.85. The maximum absolute atomic E-state index is 13.3. The molecular formula is C12H11FN2O4S2. The molecule has 0 saturated heterocycles. The molecule has 0 radical (unpaired) electrons. The van der Waals surface area contributed by atoms with Crippen LogP contribution in [-0.2, 0) is 14.8 Å². The number of hydrogen-bond donors (Lipinski definition) is 1. The van der Waals surface area contributed by atoms with E-state index in [4.69, 9.17) is 0 Å². The van der Waals surface area contributed by atoms with E-state index in [1.165, 1.54) is 17.6 Å². The minimum absolute atomic E-state index is 0.0664. The van der Waals surface area contributed by atoms with Crippen LogP contribution in [0.15, 0.2) is 27.9 Å². The van der Waals surface area contributed by atoms with Gasteiger partial charge >= 0.3 is 5.97 Å². The number of thiazole rings is 1. The van der Waals surface area contributed by atoms with Crippen LogP contribution < -0.4 is 4.72 Å². The van der Waals surface area contributed by atoms with Gasteiger partial charge in [-0.3, -0.25) is 4.72 Å². The van der Waals surface area contributed by atoms with E-state index in [1.54, 1.807) is 6.92 Å². The summed E-state index contributed by atoms with van der Waals surface area (Å²) >= 11 is 0.772. The molecule has 1 aromatic heterocycles. The van der Waals surface area contributed by atoms with Gasteiger partial charge in [-0.05, 0) is 30.7 Å². The van der Waals surface area contributed by atoms with Crippen molar-refractivity contribution in [2.75, 3.05) is 11.8 Å². The zero-order chi connectivity index (χ0) is 15.6. The van der Waals surface area contributed by atoms with Gasteiger partial charge in [0.25, 0.3) is 10.0 Å². The summed E-state index contributed by atoms with van der Waals surface area (Å²) in [6.45, 7) is 1.63. The number of halogens is 1. The molecule has 0 bridgehead atoms. The molecule has 0 aliphatic heterocycles. The maximum Gasteiger partial charge on any atom is 0.358 e. The summed E-state index contributed by atoms with van der Waals surface area (Å²) in [5, 5.41) is 0. The molecule has 2 aromatic rings. The Morgan fingerprint density at radius 2 is 2.10 bits per heavy atom. The van der Waals surface area contributed by atoms with E-state index in [9.17, 15) is 17.6 Å². The normalized spacial score (nSPS) is 11.2. The van der Waals surface area contributed by atoms with Crippen LogP contribution in [0.4, 0.5) is 10.1 Å². The zero-order valence-corrected chi connectivity index (χ0v) is 12.7. The van der Waals surface area contributed by atoms with E-state index in [0.717, 1.165) is 24.5 Å². The lowest BCUT2D eigenvalue weighted by molar-refractivity contribution is 0.0590. The zero-order valence-electron chi connectivity index (χ0n) is 11.1. The number of rotatable bonds is 4. The Hall–Kier alpha value is -2.00. The van der Waals surface area contributed by atoms with Crippen LogP contribution in [-0.4, -0.2) is 26.5 Å². The predicted octanol–water partition coefficient (Wildman–Crippen LogP) is 2.18. The number of hydrogen-bond acceptors (Lipinski definition) is 6. The molecule has 1 aromatic carbocycles. The number of nitrogens with zero attached hydrogens (tertiary/aromatic N) is 1. The number of esters is 1. The number of methoxy groups -OCH3 is 1. The Balaban J connectivity index is 2.39. The third-order valence-corrected chi connectivity index (χ3v) is 5.20. The first-order valence-electron chi connectivity index (χ1n) is 5.65. The smallest absolute Gasteiger partial charge is 0.358 e. The highest BCUT2D eigenvalue weighted by Gasteiger charge is 2.26. The number of anilines is 1. The highest BCUT2D eigenvalue weighted by Crippen LogP contribution is 2.24. The van der Waals surface area contributed by atoms with Crippen LogP contribution in [0.5, 0.6) is 0 Å². The van der Waals surface area contributed by atoms with Crippen molar-refractivity contribution >= 4 is 33.0 Å². The summed E-state index contributed by atoms with van der Waals surface area (Å²) in [5.41, 5.74) is 1.54. The summed E-state index contributed by atoms with van der Waals surface area (Å²) in [7, 11) is -2.92. The van der Waals surface area contributed by atoms with Crippen LogP contribution >= 0.6 is 11.3 Å². The van der Waals surface area contributed by atoms with Gasteiger partial charge in [0, 0.05) is 0 Å². The van der Waals surface area contributed by atoms with Crippen molar-refractivity contribution in [2.24, 2.45) is 0 Å². The quantitative estimate of drug-likeness (QED) is 0.869. The molecule has 0 amide bonds. The Kier molecular flexibility index (Phi) is 4.24. The topological polar surface area (TPSA) is 85.4 Å². The van der Waals surface area contributed by atoms with Crippen molar-refractivity contribution < 1.29 is 22.3 Å². The van der Waals surface area contributed by atoms with Crippen molar-refractivity contribution in [3.63, 3.8) is 0 Å². The number of benzene rings is 1. The Labute approximate surface area is 124 Å². The average molecular weight is 330 g/mol. The number of carbonyl (C=O) groups is 1. The standard InChI is InChI=1S/C12H11FN2O4S2/c1-7-3-8(13)5-9(4-7)15-21(17,18)12-10(11(16)19-2)14-6-20-12/h3-6,15H,1-2H3. The SMILES string of the molecule is COC(=O)c1ncsc1S(=O)(=O)Nc1cc(C)cc(F)c1. The molecule has 1 heterocycles. The number of carbonyl (C=O) groups excluding carboxylic acids is 1. The Morgan fingerprint density at radius 1 is 1.38 bits per heavy atom. The number of aromatic nitrogens is 1. The molecule has 0 aliphatic rings. The Bertz CT molecular complexity index is 766. The van der Waals surface area contributed by atoms with Gasteiger partial charge < -0.3 is 4.74 Å². The van der Waals surface area contributed by atoms with Gasteiger partial charge in [0.2, 0.25) is 0 Å². The lowest BCUT2D eigenvalue weighted by atomic mass is 10.2. The number of ether oxygens (including phenoxy) is 1. The minimum atomic E-state index is -4.05. The second-order valence-electron chi connectivity index (χ2n) is 4.10. The van der Waals surface area contributed by atoms with Crippen LogP contribution in [0, 0.1) is 12.7 Å². The molecule has 1 N–H and O–H groups in total. The van der Waals surface area contributed by atoms with Crippen LogP contribution in [0.3, 0.4) is 0 Å². The summed E-state index contributed by atoms with van der Waals surface area (Å²) < 4.78 is 44.2.